The minimum absolute atomic E-state index is 0.496. The monoisotopic (exact) mass is 285 g/mol. The third kappa shape index (κ3) is 2.70. The number of aromatic nitrogens is 1. The van der Waals surface area contributed by atoms with Crippen molar-refractivity contribution < 1.29 is 4.42 Å². The molecule has 20 heavy (non-hydrogen) atoms. The summed E-state index contributed by atoms with van der Waals surface area (Å²) in [4.78, 5) is 4.57. The Labute approximate surface area is 123 Å². The minimum Gasteiger partial charge on any atom is -0.440 e. The fraction of sp³-hybridized carbons (Fsp3) is 0.235. The largest absolute Gasteiger partial charge is 0.440 e. The molecular formula is C17H16ClNO. The normalized spacial score (nSPS) is 11.4. The molecule has 0 amide bonds. The van der Waals surface area contributed by atoms with Crippen molar-refractivity contribution in [2.24, 2.45) is 0 Å². The molecular weight excluding hydrogens is 270 g/mol. The first-order valence-electron chi connectivity index (χ1n) is 6.75. The molecule has 3 heteroatoms. The van der Waals surface area contributed by atoms with Crippen LogP contribution in [0.1, 0.15) is 36.8 Å². The smallest absolute Gasteiger partial charge is 0.199 e. The quantitative estimate of drug-likeness (QED) is 0.661. The van der Waals surface area contributed by atoms with Crippen LogP contribution in [0.2, 0.25) is 5.02 Å². The zero-order valence-corrected chi connectivity index (χ0v) is 12.3. The third-order valence-corrected chi connectivity index (χ3v) is 3.64. The van der Waals surface area contributed by atoms with E-state index >= 15 is 0 Å². The van der Waals surface area contributed by atoms with Gasteiger partial charge in [-0.3, -0.25) is 0 Å². The Morgan fingerprint density at radius 1 is 1.10 bits per heavy atom. The van der Waals surface area contributed by atoms with Gasteiger partial charge in [-0.15, -0.1) is 0 Å². The van der Waals surface area contributed by atoms with E-state index in [9.17, 15) is 0 Å². The van der Waals surface area contributed by atoms with Gasteiger partial charge < -0.3 is 4.42 Å². The molecule has 2 nitrogen and oxygen atoms in total. The summed E-state index contributed by atoms with van der Waals surface area (Å²) in [6.45, 7) is 4.35. The van der Waals surface area contributed by atoms with Crippen LogP contribution in [0.5, 0.6) is 0 Å². The highest BCUT2D eigenvalue weighted by atomic mass is 35.5. The summed E-state index contributed by atoms with van der Waals surface area (Å²) in [5.74, 6) is 1.24. The second-order valence-corrected chi connectivity index (χ2v) is 5.73. The Morgan fingerprint density at radius 3 is 2.55 bits per heavy atom. The molecule has 3 rings (SSSR count). The van der Waals surface area contributed by atoms with E-state index in [-0.39, 0.29) is 0 Å². The third-order valence-electron chi connectivity index (χ3n) is 3.39. The van der Waals surface area contributed by atoms with Gasteiger partial charge in [0.05, 0.1) is 0 Å². The van der Waals surface area contributed by atoms with E-state index in [1.54, 1.807) is 0 Å². The molecule has 0 saturated carbocycles. The first-order valence-corrected chi connectivity index (χ1v) is 7.13. The standard InChI is InChI=1S/C17H16ClNO/c1-11(2)13-5-8-16-15(10-13)19-17(20-16)9-12-3-6-14(18)7-4-12/h3-8,10-11H,9H2,1-2H3. The summed E-state index contributed by atoms with van der Waals surface area (Å²) in [6.07, 6.45) is 0.683. The van der Waals surface area contributed by atoms with E-state index in [0.717, 1.165) is 27.6 Å². The zero-order chi connectivity index (χ0) is 14.1. The van der Waals surface area contributed by atoms with Crippen LogP contribution in [0.25, 0.3) is 11.1 Å². The molecule has 1 aromatic heterocycles. The number of hydrogen-bond acceptors (Lipinski definition) is 2. The summed E-state index contributed by atoms with van der Waals surface area (Å²) < 4.78 is 5.79. The molecule has 0 bridgehead atoms. The van der Waals surface area contributed by atoms with Crippen LogP contribution in [0.4, 0.5) is 0 Å². The van der Waals surface area contributed by atoms with E-state index in [1.807, 2.05) is 30.3 Å². The lowest BCUT2D eigenvalue weighted by Gasteiger charge is -2.02. The number of hydrogen-bond donors (Lipinski definition) is 0. The Bertz CT molecular complexity index is 728. The predicted molar refractivity (Wildman–Crippen MR) is 82.4 cm³/mol. The van der Waals surface area contributed by atoms with Gasteiger partial charge in [-0.1, -0.05) is 43.6 Å². The molecule has 102 valence electrons. The van der Waals surface area contributed by atoms with Crippen LogP contribution >= 0.6 is 11.6 Å². The number of nitrogens with zero attached hydrogens (tertiary/aromatic N) is 1. The molecule has 1 heterocycles. The molecule has 0 unspecified atom stereocenters. The van der Waals surface area contributed by atoms with Gasteiger partial charge in [0.25, 0.3) is 0 Å². The SMILES string of the molecule is CC(C)c1ccc2oc(Cc3ccc(Cl)cc3)nc2c1. The first-order chi connectivity index (χ1) is 9.61. The van der Waals surface area contributed by atoms with Gasteiger partial charge in [0.15, 0.2) is 11.5 Å². The highest BCUT2D eigenvalue weighted by molar-refractivity contribution is 6.30. The highest BCUT2D eigenvalue weighted by Crippen LogP contribution is 2.23. The molecule has 0 fully saturated rings. The van der Waals surface area contributed by atoms with Gasteiger partial charge in [-0.2, -0.15) is 0 Å². The fourth-order valence-electron chi connectivity index (χ4n) is 2.20. The average Bonchev–Trinajstić information content (AvgIpc) is 2.82. The van der Waals surface area contributed by atoms with Crippen LogP contribution in [0.15, 0.2) is 46.9 Å². The van der Waals surface area contributed by atoms with Crippen molar-refractivity contribution in [3.63, 3.8) is 0 Å². The van der Waals surface area contributed by atoms with Crippen LogP contribution < -0.4 is 0 Å². The lowest BCUT2D eigenvalue weighted by Crippen LogP contribution is -1.87. The topological polar surface area (TPSA) is 26.0 Å². The first kappa shape index (κ1) is 13.2. The molecule has 2 aromatic carbocycles. The van der Waals surface area contributed by atoms with Crippen molar-refractivity contribution in [1.29, 1.82) is 0 Å². The van der Waals surface area contributed by atoms with Gasteiger partial charge in [0, 0.05) is 11.4 Å². The maximum absolute atomic E-state index is 5.89. The van der Waals surface area contributed by atoms with Crippen molar-refractivity contribution in [3.05, 3.63) is 64.5 Å². The summed E-state index contributed by atoms with van der Waals surface area (Å²) in [5, 5.41) is 0.743. The van der Waals surface area contributed by atoms with E-state index in [0.29, 0.717) is 12.3 Å². The van der Waals surface area contributed by atoms with E-state index in [1.165, 1.54) is 5.56 Å². The Balaban J connectivity index is 1.90. The summed E-state index contributed by atoms with van der Waals surface area (Å²) >= 11 is 5.89. The minimum atomic E-state index is 0.496. The maximum atomic E-state index is 5.89. The lowest BCUT2D eigenvalue weighted by atomic mass is 10.0. The van der Waals surface area contributed by atoms with Crippen LogP contribution in [0.3, 0.4) is 0 Å². The van der Waals surface area contributed by atoms with Crippen molar-refractivity contribution in [2.45, 2.75) is 26.2 Å². The molecule has 0 atom stereocenters. The van der Waals surface area contributed by atoms with E-state index in [4.69, 9.17) is 16.0 Å². The number of oxazole rings is 1. The Morgan fingerprint density at radius 2 is 1.85 bits per heavy atom. The van der Waals surface area contributed by atoms with Gasteiger partial charge in [-0.25, -0.2) is 4.98 Å². The van der Waals surface area contributed by atoms with Gasteiger partial charge in [0.2, 0.25) is 0 Å². The summed E-state index contributed by atoms with van der Waals surface area (Å²) in [7, 11) is 0. The molecule has 0 radical (unpaired) electrons. The maximum Gasteiger partial charge on any atom is 0.199 e. The average molecular weight is 286 g/mol. The number of benzene rings is 2. The Kier molecular flexibility index (Phi) is 3.49. The number of fused-ring (bicyclic) bond motifs is 1. The second-order valence-electron chi connectivity index (χ2n) is 5.29. The van der Waals surface area contributed by atoms with Gasteiger partial charge >= 0.3 is 0 Å². The van der Waals surface area contributed by atoms with Crippen molar-refractivity contribution in [1.82, 2.24) is 4.98 Å². The van der Waals surface area contributed by atoms with Crippen molar-refractivity contribution in [2.75, 3.05) is 0 Å². The van der Waals surface area contributed by atoms with Crippen LogP contribution in [-0.2, 0) is 6.42 Å². The molecule has 3 aromatic rings. The lowest BCUT2D eigenvalue weighted by molar-refractivity contribution is 0.544. The summed E-state index contributed by atoms with van der Waals surface area (Å²) in [5.41, 5.74) is 4.20. The molecule has 0 aliphatic heterocycles. The van der Waals surface area contributed by atoms with Gasteiger partial charge in [-0.05, 0) is 41.3 Å². The highest BCUT2D eigenvalue weighted by Gasteiger charge is 2.08. The fourth-order valence-corrected chi connectivity index (χ4v) is 2.33. The van der Waals surface area contributed by atoms with Gasteiger partial charge in [0.1, 0.15) is 5.52 Å². The molecule has 0 N–H and O–H groups in total. The van der Waals surface area contributed by atoms with E-state index < -0.39 is 0 Å². The van der Waals surface area contributed by atoms with E-state index in [2.05, 4.69) is 31.0 Å². The number of rotatable bonds is 3. The number of halogens is 1. The molecule has 0 aliphatic carbocycles. The van der Waals surface area contributed by atoms with Crippen LogP contribution in [0, 0.1) is 0 Å². The summed E-state index contributed by atoms with van der Waals surface area (Å²) in [6, 6.07) is 14.0. The second kappa shape index (κ2) is 5.29. The molecule has 0 saturated heterocycles. The molecule has 0 aliphatic rings. The van der Waals surface area contributed by atoms with Crippen molar-refractivity contribution >= 4 is 22.7 Å². The Hall–Kier alpha value is -1.80. The van der Waals surface area contributed by atoms with Crippen molar-refractivity contribution in [3.8, 4) is 0 Å². The predicted octanol–water partition coefficient (Wildman–Crippen LogP) is 5.20. The zero-order valence-electron chi connectivity index (χ0n) is 11.6. The molecule has 0 spiro atoms. The van der Waals surface area contributed by atoms with Crippen LogP contribution in [-0.4, -0.2) is 4.98 Å².